The van der Waals surface area contributed by atoms with Crippen molar-refractivity contribution >= 4 is 33.4 Å². The Bertz CT molecular complexity index is 949. The highest BCUT2D eigenvalue weighted by Crippen LogP contribution is 2.39. The van der Waals surface area contributed by atoms with Crippen molar-refractivity contribution in [2.45, 2.75) is 19.4 Å². The molecule has 3 rings (SSSR count). The van der Waals surface area contributed by atoms with Gasteiger partial charge in [-0.15, -0.1) is 0 Å². The zero-order valence-electron chi connectivity index (χ0n) is 14.7. The Balaban J connectivity index is 1.95. The largest absolute Gasteiger partial charge is 0.344 e. The van der Waals surface area contributed by atoms with Gasteiger partial charge in [0.25, 0.3) is 0 Å². The van der Waals surface area contributed by atoms with E-state index in [1.165, 1.54) is 18.9 Å². The molecule has 6 nitrogen and oxygen atoms in total. The van der Waals surface area contributed by atoms with Crippen molar-refractivity contribution in [2.24, 2.45) is 5.92 Å². The van der Waals surface area contributed by atoms with Crippen molar-refractivity contribution < 1.29 is 27.2 Å². The molecule has 0 saturated carbocycles. The average Bonchev–Trinajstić information content (AvgIpc) is 3.07. The van der Waals surface area contributed by atoms with Crippen molar-refractivity contribution in [1.82, 2.24) is 14.7 Å². The first-order valence-electron chi connectivity index (χ1n) is 8.15. The third-order valence-electron chi connectivity index (χ3n) is 4.62. The second-order valence-electron chi connectivity index (χ2n) is 6.42. The molecule has 0 bridgehead atoms. The number of nitrogens with one attached hydrogen (secondary N) is 1. The van der Waals surface area contributed by atoms with Gasteiger partial charge in [0.05, 0.1) is 21.5 Å². The first kappa shape index (κ1) is 20.3. The van der Waals surface area contributed by atoms with E-state index in [1.807, 2.05) is 0 Å². The molecule has 2 atom stereocenters. The minimum absolute atomic E-state index is 0.0705. The van der Waals surface area contributed by atoms with Crippen LogP contribution in [0.3, 0.4) is 0 Å². The molecule has 1 aliphatic rings. The summed E-state index contributed by atoms with van der Waals surface area (Å²) in [6.07, 6.45) is 0. The van der Waals surface area contributed by atoms with E-state index in [4.69, 9.17) is 0 Å². The summed E-state index contributed by atoms with van der Waals surface area (Å²) >= 11 is 3.20. The molecular formula is C17H15BrF4N4O2. The number of nitrogens with zero attached hydrogens (tertiary/aromatic N) is 3. The van der Waals surface area contributed by atoms with Crippen LogP contribution < -0.4 is 5.32 Å². The summed E-state index contributed by atoms with van der Waals surface area (Å²) in [7, 11) is 1.46. The Kier molecular flexibility index (Phi) is 5.46. The Morgan fingerprint density at radius 2 is 2.04 bits per heavy atom. The van der Waals surface area contributed by atoms with E-state index in [9.17, 15) is 27.2 Å². The number of hydrogen-bond donors (Lipinski definition) is 1. The van der Waals surface area contributed by atoms with E-state index in [1.54, 1.807) is 0 Å². The predicted octanol–water partition coefficient (Wildman–Crippen LogP) is 3.44. The number of rotatable bonds is 4. The molecule has 150 valence electrons. The summed E-state index contributed by atoms with van der Waals surface area (Å²) in [4.78, 5) is 26.5. The van der Waals surface area contributed by atoms with Crippen LogP contribution in [0.15, 0.2) is 22.7 Å². The fourth-order valence-electron chi connectivity index (χ4n) is 3.19. The van der Waals surface area contributed by atoms with Gasteiger partial charge in [0, 0.05) is 25.6 Å². The van der Waals surface area contributed by atoms with Crippen LogP contribution in [0.5, 0.6) is 0 Å². The van der Waals surface area contributed by atoms with Gasteiger partial charge in [0.2, 0.25) is 11.8 Å². The number of hydrogen-bond acceptors (Lipinski definition) is 3. The Labute approximate surface area is 165 Å². The van der Waals surface area contributed by atoms with Crippen molar-refractivity contribution in [3.8, 4) is 0 Å². The summed E-state index contributed by atoms with van der Waals surface area (Å²) in [6.45, 7) is -1.39. The van der Waals surface area contributed by atoms with Crippen LogP contribution in [0.2, 0.25) is 0 Å². The van der Waals surface area contributed by atoms with E-state index in [0.717, 1.165) is 12.1 Å². The zero-order chi connectivity index (χ0) is 20.7. The van der Waals surface area contributed by atoms with Crippen LogP contribution in [0.1, 0.15) is 23.9 Å². The number of alkyl halides is 2. The van der Waals surface area contributed by atoms with Crippen LogP contribution in [0, 0.1) is 24.5 Å². The van der Waals surface area contributed by atoms with Crippen LogP contribution >= 0.6 is 15.9 Å². The zero-order valence-corrected chi connectivity index (χ0v) is 16.3. The lowest BCUT2D eigenvalue weighted by Gasteiger charge is -2.16. The third kappa shape index (κ3) is 3.50. The molecule has 1 N–H and O–H groups in total. The first-order valence-corrected chi connectivity index (χ1v) is 8.94. The van der Waals surface area contributed by atoms with E-state index in [0.29, 0.717) is 10.7 Å². The summed E-state index contributed by atoms with van der Waals surface area (Å²) in [5.74, 6) is -5.33. The molecule has 1 aromatic carbocycles. The minimum atomic E-state index is -2.89. The maximum atomic E-state index is 13.8. The Morgan fingerprint density at radius 3 is 2.61 bits per heavy atom. The number of halogens is 5. The highest BCUT2D eigenvalue weighted by molar-refractivity contribution is 9.10. The number of likely N-dealkylation sites (N-methyl/N-ethyl adjacent to an activating group) is 1. The van der Waals surface area contributed by atoms with Gasteiger partial charge in [-0.05, 0) is 35.0 Å². The standard InChI is InChI=1S/C17H15BrF4N4O2/c1-7-13(18)14(24-26(7)17(21)22)9-6-25(2)16(28)12(9)15(27)23-11-4-3-8(19)5-10(11)20/h3-5,9,12,17H,6H2,1-2H3,(H,23,27). The number of aromatic nitrogens is 2. The molecule has 0 aliphatic carbocycles. The van der Waals surface area contributed by atoms with Gasteiger partial charge in [-0.25, -0.2) is 13.5 Å². The molecule has 1 aliphatic heterocycles. The van der Waals surface area contributed by atoms with Gasteiger partial charge in [-0.3, -0.25) is 9.59 Å². The summed E-state index contributed by atoms with van der Waals surface area (Å²) in [6, 6.07) is 2.59. The SMILES string of the molecule is Cc1c(Br)c(C2CN(C)C(=O)C2C(=O)Nc2ccc(F)cc2F)nn1C(F)F. The van der Waals surface area contributed by atoms with Crippen molar-refractivity contribution in [3.05, 3.63) is 45.7 Å². The lowest BCUT2D eigenvalue weighted by molar-refractivity contribution is -0.135. The Hall–Kier alpha value is -2.43. The first-order chi connectivity index (χ1) is 13.1. The summed E-state index contributed by atoms with van der Waals surface area (Å²) in [5, 5.41) is 6.13. The summed E-state index contributed by atoms with van der Waals surface area (Å²) < 4.78 is 53.9. The fraction of sp³-hybridized carbons (Fsp3) is 0.353. The highest BCUT2D eigenvalue weighted by Gasteiger charge is 2.46. The number of anilines is 1. The van der Waals surface area contributed by atoms with Crippen LogP contribution in [-0.4, -0.2) is 40.1 Å². The number of benzene rings is 1. The van der Waals surface area contributed by atoms with Crippen molar-refractivity contribution in [2.75, 3.05) is 18.9 Å². The third-order valence-corrected chi connectivity index (χ3v) is 5.60. The maximum Gasteiger partial charge on any atom is 0.333 e. The molecule has 0 spiro atoms. The van der Waals surface area contributed by atoms with Crippen molar-refractivity contribution in [1.29, 1.82) is 0 Å². The molecule has 28 heavy (non-hydrogen) atoms. The molecule has 2 aromatic rings. The molecule has 1 aromatic heterocycles. The minimum Gasteiger partial charge on any atom is -0.344 e. The van der Waals surface area contributed by atoms with Gasteiger partial charge in [0.15, 0.2) is 0 Å². The average molecular weight is 463 g/mol. The molecule has 2 unspecified atom stereocenters. The number of carbonyl (C=O) groups excluding carboxylic acids is 2. The van der Waals surface area contributed by atoms with Gasteiger partial charge in [-0.1, -0.05) is 0 Å². The lowest BCUT2D eigenvalue weighted by atomic mass is 9.91. The normalized spacial score (nSPS) is 19.6. The predicted molar refractivity (Wildman–Crippen MR) is 94.8 cm³/mol. The number of amides is 2. The van der Waals surface area contributed by atoms with Crippen LogP contribution in [0.4, 0.5) is 23.2 Å². The quantitative estimate of drug-likeness (QED) is 0.558. The van der Waals surface area contributed by atoms with Gasteiger partial charge < -0.3 is 10.2 Å². The molecular weight excluding hydrogens is 448 g/mol. The highest BCUT2D eigenvalue weighted by atomic mass is 79.9. The second kappa shape index (κ2) is 7.53. The van der Waals surface area contributed by atoms with Crippen LogP contribution in [-0.2, 0) is 9.59 Å². The van der Waals surface area contributed by atoms with Gasteiger partial charge >= 0.3 is 6.55 Å². The van der Waals surface area contributed by atoms with Gasteiger partial charge in [-0.2, -0.15) is 13.9 Å². The second-order valence-corrected chi connectivity index (χ2v) is 7.22. The number of likely N-dealkylation sites (tertiary alicyclic amines) is 1. The maximum absolute atomic E-state index is 13.8. The monoisotopic (exact) mass is 462 g/mol. The van der Waals surface area contributed by atoms with E-state index >= 15 is 0 Å². The van der Waals surface area contributed by atoms with Gasteiger partial charge in [0.1, 0.15) is 17.6 Å². The topological polar surface area (TPSA) is 67.2 Å². The molecule has 11 heteroatoms. The molecule has 1 fully saturated rings. The molecule has 2 heterocycles. The molecule has 0 radical (unpaired) electrons. The number of carbonyl (C=O) groups is 2. The van der Waals surface area contributed by atoms with E-state index < -0.39 is 41.8 Å². The Morgan fingerprint density at radius 1 is 1.36 bits per heavy atom. The van der Waals surface area contributed by atoms with Crippen LogP contribution in [0.25, 0.3) is 0 Å². The smallest absolute Gasteiger partial charge is 0.333 e. The molecule has 1 saturated heterocycles. The molecule has 2 amide bonds. The lowest BCUT2D eigenvalue weighted by Crippen LogP contribution is -2.33. The summed E-state index contributed by atoms with van der Waals surface area (Å²) in [5.41, 5.74) is -0.00757. The van der Waals surface area contributed by atoms with E-state index in [2.05, 4.69) is 26.3 Å². The van der Waals surface area contributed by atoms with Crippen molar-refractivity contribution in [3.63, 3.8) is 0 Å². The van der Waals surface area contributed by atoms with E-state index in [-0.39, 0.29) is 28.1 Å². The fourth-order valence-corrected chi connectivity index (χ4v) is 3.74.